The van der Waals surface area contributed by atoms with E-state index in [9.17, 15) is 9.90 Å². The van der Waals surface area contributed by atoms with Gasteiger partial charge in [0.2, 0.25) is 0 Å². The number of nitrogens with zero attached hydrogens (tertiary/aromatic N) is 1. The Hall–Kier alpha value is -0.610. The summed E-state index contributed by atoms with van der Waals surface area (Å²) in [6.07, 6.45) is 9.30. The molecule has 0 aromatic heterocycles. The molecule has 0 aromatic rings. The lowest BCUT2D eigenvalue weighted by molar-refractivity contribution is -0.906. The van der Waals surface area contributed by atoms with Gasteiger partial charge in [0.1, 0.15) is 13.2 Å². The van der Waals surface area contributed by atoms with Gasteiger partial charge in [-0.3, -0.25) is 4.79 Å². The van der Waals surface area contributed by atoms with Gasteiger partial charge in [-0.05, 0) is 64.2 Å². The maximum absolute atomic E-state index is 13.1. The van der Waals surface area contributed by atoms with Gasteiger partial charge in [0.15, 0.2) is 0 Å². The molecule has 0 saturated heterocycles. The predicted molar refractivity (Wildman–Crippen MR) is 106 cm³/mol. The van der Waals surface area contributed by atoms with Crippen molar-refractivity contribution >= 4 is 5.97 Å². The van der Waals surface area contributed by atoms with E-state index in [1.54, 1.807) is 0 Å². The van der Waals surface area contributed by atoms with E-state index in [2.05, 4.69) is 27.8 Å². The average Bonchev–Trinajstić information content (AvgIpc) is 2.65. The summed E-state index contributed by atoms with van der Waals surface area (Å²) in [5.41, 5.74) is -0.848. The molecule has 2 rings (SSSR count). The third kappa shape index (κ3) is 5.45. The Kier molecular flexibility index (Phi) is 7.96. The maximum atomic E-state index is 13.1. The fourth-order valence-electron chi connectivity index (χ4n) is 4.89. The van der Waals surface area contributed by atoms with E-state index in [1.807, 2.05) is 0 Å². The lowest BCUT2D eigenvalue weighted by atomic mass is 9.65. The van der Waals surface area contributed by atoms with Crippen LogP contribution in [0.3, 0.4) is 0 Å². The van der Waals surface area contributed by atoms with E-state index in [0.29, 0.717) is 18.4 Å². The highest BCUT2D eigenvalue weighted by molar-refractivity contribution is 5.74. The number of ether oxygens (including phenoxy) is 1. The Labute approximate surface area is 160 Å². The Morgan fingerprint density at radius 1 is 1.12 bits per heavy atom. The van der Waals surface area contributed by atoms with Gasteiger partial charge >= 0.3 is 5.97 Å². The van der Waals surface area contributed by atoms with Crippen LogP contribution in [0, 0.1) is 17.8 Å². The number of rotatable bonds is 8. The van der Waals surface area contributed by atoms with Crippen LogP contribution in [0.5, 0.6) is 0 Å². The van der Waals surface area contributed by atoms with Gasteiger partial charge in [-0.1, -0.05) is 26.2 Å². The van der Waals surface area contributed by atoms with Crippen molar-refractivity contribution in [1.82, 2.24) is 0 Å². The maximum Gasteiger partial charge on any atom is 0.312 e. The van der Waals surface area contributed by atoms with Crippen LogP contribution in [0.25, 0.3) is 0 Å². The highest BCUT2D eigenvalue weighted by Crippen LogP contribution is 2.44. The molecule has 0 heterocycles. The molecule has 2 saturated carbocycles. The smallest absolute Gasteiger partial charge is 0.312 e. The normalized spacial score (nSPS) is 29.3. The second-order valence-electron chi connectivity index (χ2n) is 9.30. The minimum absolute atomic E-state index is 0.132. The van der Waals surface area contributed by atoms with Crippen molar-refractivity contribution < 1.29 is 19.1 Å². The second-order valence-corrected chi connectivity index (χ2v) is 9.30. The van der Waals surface area contributed by atoms with Crippen LogP contribution in [0.4, 0.5) is 0 Å². The molecule has 0 aliphatic heterocycles. The molecular formula is C22H42NO3+. The van der Waals surface area contributed by atoms with Gasteiger partial charge in [-0.2, -0.15) is 0 Å². The molecule has 4 nitrogen and oxygen atoms in total. The molecule has 0 bridgehead atoms. The molecule has 1 atom stereocenters. The zero-order valence-electron chi connectivity index (χ0n) is 17.6. The fraction of sp³-hybridized carbons (Fsp3) is 0.955. The van der Waals surface area contributed by atoms with Crippen LogP contribution in [0.1, 0.15) is 78.6 Å². The summed E-state index contributed by atoms with van der Waals surface area (Å²) in [5.74, 6) is 0.503. The number of quaternary nitrogens is 1. The number of likely N-dealkylation sites (N-methyl/N-ethyl adjacent to an activating group) is 1. The summed E-state index contributed by atoms with van der Waals surface area (Å²) in [6, 6.07) is 0. The van der Waals surface area contributed by atoms with Gasteiger partial charge in [0.05, 0.1) is 31.7 Å². The van der Waals surface area contributed by atoms with Crippen LogP contribution in [0.15, 0.2) is 0 Å². The molecule has 2 aliphatic rings. The van der Waals surface area contributed by atoms with Crippen molar-refractivity contribution in [2.45, 2.75) is 84.2 Å². The van der Waals surface area contributed by atoms with Gasteiger partial charge in [0, 0.05) is 0 Å². The van der Waals surface area contributed by atoms with E-state index in [1.165, 1.54) is 19.3 Å². The van der Waals surface area contributed by atoms with E-state index >= 15 is 0 Å². The zero-order chi connectivity index (χ0) is 19.2. The lowest BCUT2D eigenvalue weighted by Gasteiger charge is -2.44. The summed E-state index contributed by atoms with van der Waals surface area (Å²) in [6.45, 7) is 10.0. The van der Waals surface area contributed by atoms with E-state index < -0.39 is 5.60 Å². The minimum Gasteiger partial charge on any atom is -0.459 e. The first-order chi connectivity index (χ1) is 12.3. The van der Waals surface area contributed by atoms with Crippen molar-refractivity contribution in [2.24, 2.45) is 17.8 Å². The second kappa shape index (κ2) is 9.54. The fourth-order valence-corrected chi connectivity index (χ4v) is 4.89. The number of carbonyl (C=O) groups excluding carboxylic acids is 1. The van der Waals surface area contributed by atoms with E-state index in [-0.39, 0.29) is 11.9 Å². The minimum atomic E-state index is -0.848. The first-order valence-electron chi connectivity index (χ1n) is 11.1. The standard InChI is InChI=1S/C22H42NO3/c1-5-23(4,6-2)16-17-26-21(24)20(19-10-8-7-9-11-19)22(25)14-12-18(3)13-15-22/h18-20,25H,5-17H2,1-4H3/q+1. The number of aliphatic hydroxyl groups is 1. The van der Waals surface area contributed by atoms with Crippen LogP contribution < -0.4 is 0 Å². The summed E-state index contributed by atoms with van der Waals surface area (Å²) < 4.78 is 6.71. The molecule has 0 radical (unpaired) electrons. The molecule has 2 aliphatic carbocycles. The Morgan fingerprint density at radius 3 is 2.23 bits per heavy atom. The van der Waals surface area contributed by atoms with Crippen molar-refractivity contribution in [3.8, 4) is 0 Å². The van der Waals surface area contributed by atoms with Crippen LogP contribution in [0.2, 0.25) is 0 Å². The van der Waals surface area contributed by atoms with Gasteiger partial charge < -0.3 is 14.3 Å². The predicted octanol–water partition coefficient (Wildman–Crippen LogP) is 4.15. The van der Waals surface area contributed by atoms with Crippen molar-refractivity contribution in [3.63, 3.8) is 0 Å². The third-order valence-corrected chi connectivity index (χ3v) is 7.50. The molecule has 152 valence electrons. The van der Waals surface area contributed by atoms with Crippen molar-refractivity contribution in [3.05, 3.63) is 0 Å². The van der Waals surface area contributed by atoms with Gasteiger partial charge in [-0.25, -0.2) is 0 Å². The monoisotopic (exact) mass is 368 g/mol. The summed E-state index contributed by atoms with van der Waals surface area (Å²) in [7, 11) is 2.21. The highest BCUT2D eigenvalue weighted by Gasteiger charge is 2.48. The number of hydrogen-bond acceptors (Lipinski definition) is 3. The van der Waals surface area contributed by atoms with Crippen LogP contribution in [-0.2, 0) is 9.53 Å². The average molecular weight is 369 g/mol. The first-order valence-corrected chi connectivity index (χ1v) is 11.1. The highest BCUT2D eigenvalue weighted by atomic mass is 16.5. The number of esters is 1. The molecule has 4 heteroatoms. The number of carbonyl (C=O) groups is 1. The molecule has 26 heavy (non-hydrogen) atoms. The Balaban J connectivity index is 2.04. The first kappa shape index (κ1) is 21.7. The van der Waals surface area contributed by atoms with E-state index in [4.69, 9.17) is 4.74 Å². The molecule has 1 N–H and O–H groups in total. The largest absolute Gasteiger partial charge is 0.459 e. The Bertz CT molecular complexity index is 433. The van der Waals surface area contributed by atoms with Gasteiger partial charge in [-0.15, -0.1) is 0 Å². The molecule has 0 amide bonds. The summed E-state index contributed by atoms with van der Waals surface area (Å²) in [5, 5.41) is 11.4. The van der Waals surface area contributed by atoms with E-state index in [0.717, 1.165) is 62.6 Å². The van der Waals surface area contributed by atoms with Gasteiger partial charge in [0.25, 0.3) is 0 Å². The Morgan fingerprint density at radius 2 is 1.69 bits per heavy atom. The van der Waals surface area contributed by atoms with Crippen LogP contribution >= 0.6 is 0 Å². The molecule has 0 spiro atoms. The topological polar surface area (TPSA) is 46.5 Å². The SMILES string of the molecule is CC[N+](C)(CC)CCOC(=O)C(C1CCCCC1)C1(O)CCC(C)CC1. The zero-order valence-corrected chi connectivity index (χ0v) is 17.6. The summed E-state index contributed by atoms with van der Waals surface area (Å²) >= 11 is 0. The van der Waals surface area contributed by atoms with Crippen LogP contribution in [-0.4, -0.2) is 54.4 Å². The number of hydrogen-bond donors (Lipinski definition) is 1. The molecule has 2 fully saturated rings. The molecular weight excluding hydrogens is 326 g/mol. The molecule has 0 aromatic carbocycles. The summed E-state index contributed by atoms with van der Waals surface area (Å²) in [4.78, 5) is 13.1. The van der Waals surface area contributed by atoms with Crippen molar-refractivity contribution in [1.29, 1.82) is 0 Å². The molecule has 1 unspecified atom stereocenters. The lowest BCUT2D eigenvalue weighted by Crippen LogP contribution is -2.50. The quantitative estimate of drug-likeness (QED) is 0.517. The van der Waals surface area contributed by atoms with Crippen molar-refractivity contribution in [2.75, 3.05) is 33.3 Å². The third-order valence-electron chi connectivity index (χ3n) is 7.50.